The van der Waals surface area contributed by atoms with Crippen LogP contribution in [0.3, 0.4) is 0 Å². The van der Waals surface area contributed by atoms with E-state index in [2.05, 4.69) is 0 Å². The monoisotopic (exact) mass is 328 g/mol. The van der Waals surface area contributed by atoms with E-state index >= 15 is 0 Å². The predicted octanol–water partition coefficient (Wildman–Crippen LogP) is 2.01. The van der Waals surface area contributed by atoms with Gasteiger partial charge < -0.3 is 5.73 Å². The lowest BCUT2D eigenvalue weighted by Crippen LogP contribution is -2.43. The fourth-order valence-electron chi connectivity index (χ4n) is 1.97. The standard InChI is InChI=1S/C11H14ClFN2O2S.ClH/c12-9-2-1-3-10(13)11(9)18(16,17)15-6-4-8(14)5-7-15;/h1-3,8H,4-7,14H2;1H. The summed E-state index contributed by atoms with van der Waals surface area (Å²) in [6, 6.07) is 3.84. The summed E-state index contributed by atoms with van der Waals surface area (Å²) in [5.41, 5.74) is 5.72. The van der Waals surface area contributed by atoms with Crippen LogP contribution in [0, 0.1) is 5.82 Å². The van der Waals surface area contributed by atoms with Crippen LogP contribution in [-0.4, -0.2) is 31.9 Å². The molecule has 0 amide bonds. The Kier molecular flexibility index (Phi) is 5.58. The van der Waals surface area contributed by atoms with Gasteiger partial charge in [0.05, 0.1) is 5.02 Å². The molecule has 8 heteroatoms. The van der Waals surface area contributed by atoms with Crippen molar-refractivity contribution in [3.63, 3.8) is 0 Å². The van der Waals surface area contributed by atoms with Crippen LogP contribution in [-0.2, 0) is 10.0 Å². The third-order valence-corrected chi connectivity index (χ3v) is 5.42. The van der Waals surface area contributed by atoms with Gasteiger partial charge in [0.1, 0.15) is 10.7 Å². The van der Waals surface area contributed by atoms with Gasteiger partial charge in [0.2, 0.25) is 10.0 Å². The van der Waals surface area contributed by atoms with Gasteiger partial charge in [-0.15, -0.1) is 12.4 Å². The van der Waals surface area contributed by atoms with E-state index < -0.39 is 20.7 Å². The van der Waals surface area contributed by atoms with Crippen molar-refractivity contribution in [1.82, 2.24) is 4.31 Å². The molecule has 1 aromatic carbocycles. The van der Waals surface area contributed by atoms with Crippen molar-refractivity contribution in [2.75, 3.05) is 13.1 Å². The first kappa shape index (κ1) is 16.7. The summed E-state index contributed by atoms with van der Waals surface area (Å²) >= 11 is 5.79. The minimum Gasteiger partial charge on any atom is -0.328 e. The van der Waals surface area contributed by atoms with Crippen LogP contribution in [0.5, 0.6) is 0 Å². The molecule has 0 aliphatic carbocycles. The van der Waals surface area contributed by atoms with Gasteiger partial charge in [-0.25, -0.2) is 12.8 Å². The highest BCUT2D eigenvalue weighted by molar-refractivity contribution is 7.89. The van der Waals surface area contributed by atoms with E-state index in [9.17, 15) is 12.8 Å². The van der Waals surface area contributed by atoms with Gasteiger partial charge in [0.25, 0.3) is 0 Å². The molecule has 2 N–H and O–H groups in total. The number of nitrogens with zero attached hydrogens (tertiary/aromatic N) is 1. The van der Waals surface area contributed by atoms with Crippen LogP contribution in [0.15, 0.2) is 23.1 Å². The van der Waals surface area contributed by atoms with E-state index in [4.69, 9.17) is 17.3 Å². The molecule has 0 bridgehead atoms. The zero-order valence-corrected chi connectivity index (χ0v) is 12.4. The van der Waals surface area contributed by atoms with Gasteiger partial charge in [0, 0.05) is 19.1 Å². The minimum atomic E-state index is -3.88. The molecule has 1 fully saturated rings. The van der Waals surface area contributed by atoms with Crippen LogP contribution in [0.1, 0.15) is 12.8 Å². The highest BCUT2D eigenvalue weighted by atomic mass is 35.5. The number of sulfonamides is 1. The molecule has 0 aromatic heterocycles. The number of hydrogen-bond donors (Lipinski definition) is 1. The number of hydrogen-bond acceptors (Lipinski definition) is 3. The Morgan fingerprint density at radius 1 is 1.32 bits per heavy atom. The Bertz CT molecular complexity index is 525. The van der Waals surface area contributed by atoms with Crippen molar-refractivity contribution < 1.29 is 12.8 Å². The van der Waals surface area contributed by atoms with Gasteiger partial charge in [-0.1, -0.05) is 17.7 Å². The molecule has 1 saturated heterocycles. The lowest BCUT2D eigenvalue weighted by Gasteiger charge is -2.29. The zero-order chi connectivity index (χ0) is 13.3. The molecule has 1 aliphatic heterocycles. The topological polar surface area (TPSA) is 63.4 Å². The summed E-state index contributed by atoms with van der Waals surface area (Å²) in [5, 5.41) is -0.0927. The van der Waals surface area contributed by atoms with Crippen molar-refractivity contribution in [2.45, 2.75) is 23.8 Å². The van der Waals surface area contributed by atoms with Crippen LogP contribution >= 0.6 is 24.0 Å². The minimum absolute atomic E-state index is 0. The Labute approximate surface area is 123 Å². The molecule has 2 rings (SSSR count). The molecule has 0 saturated carbocycles. The maximum absolute atomic E-state index is 13.7. The second-order valence-electron chi connectivity index (χ2n) is 4.29. The number of piperidine rings is 1. The first-order valence-corrected chi connectivity index (χ1v) is 7.44. The Morgan fingerprint density at radius 2 is 1.89 bits per heavy atom. The third-order valence-electron chi connectivity index (χ3n) is 3.02. The molecule has 1 heterocycles. The number of benzene rings is 1. The highest BCUT2D eigenvalue weighted by Gasteiger charge is 2.32. The van der Waals surface area contributed by atoms with Crippen LogP contribution < -0.4 is 5.73 Å². The normalized spacial score (nSPS) is 18.1. The second kappa shape index (κ2) is 6.37. The fourth-order valence-corrected chi connectivity index (χ4v) is 4.01. The number of rotatable bonds is 2. The second-order valence-corrected chi connectivity index (χ2v) is 6.57. The summed E-state index contributed by atoms with van der Waals surface area (Å²) in [4.78, 5) is -0.442. The molecule has 19 heavy (non-hydrogen) atoms. The Balaban J connectivity index is 0.00000180. The van der Waals surface area contributed by atoms with Gasteiger partial charge in [-0.05, 0) is 25.0 Å². The van der Waals surface area contributed by atoms with Gasteiger partial charge in [-0.3, -0.25) is 0 Å². The lowest BCUT2D eigenvalue weighted by atomic mass is 10.1. The average molecular weight is 329 g/mol. The number of nitrogens with two attached hydrogens (primary N) is 1. The van der Waals surface area contributed by atoms with E-state index in [0.29, 0.717) is 25.9 Å². The number of halogens is 3. The molecule has 1 aliphatic rings. The third kappa shape index (κ3) is 3.38. The van der Waals surface area contributed by atoms with Crippen molar-refractivity contribution >= 4 is 34.0 Å². The quantitative estimate of drug-likeness (QED) is 0.903. The van der Waals surface area contributed by atoms with Crippen molar-refractivity contribution in [2.24, 2.45) is 5.73 Å². The van der Waals surface area contributed by atoms with Crippen LogP contribution in [0.2, 0.25) is 5.02 Å². The Morgan fingerprint density at radius 3 is 2.42 bits per heavy atom. The van der Waals surface area contributed by atoms with Crippen molar-refractivity contribution in [3.8, 4) is 0 Å². The predicted molar refractivity (Wildman–Crippen MR) is 74.6 cm³/mol. The first-order chi connectivity index (χ1) is 8.43. The molecule has 0 unspecified atom stereocenters. The molecule has 0 spiro atoms. The average Bonchev–Trinajstić information content (AvgIpc) is 2.29. The highest BCUT2D eigenvalue weighted by Crippen LogP contribution is 2.28. The molecule has 4 nitrogen and oxygen atoms in total. The van der Waals surface area contributed by atoms with Gasteiger partial charge in [0.15, 0.2) is 0 Å². The largest absolute Gasteiger partial charge is 0.328 e. The summed E-state index contributed by atoms with van der Waals surface area (Å²) in [6.45, 7) is 0.600. The van der Waals surface area contributed by atoms with E-state index in [0.717, 1.165) is 6.07 Å². The summed E-state index contributed by atoms with van der Waals surface area (Å²) in [5.74, 6) is -0.822. The molecular formula is C11H15Cl2FN2O2S. The van der Waals surface area contributed by atoms with Crippen LogP contribution in [0.25, 0.3) is 0 Å². The van der Waals surface area contributed by atoms with E-state index in [1.165, 1.54) is 16.4 Å². The van der Waals surface area contributed by atoms with Crippen LogP contribution in [0.4, 0.5) is 4.39 Å². The summed E-state index contributed by atoms with van der Waals surface area (Å²) in [7, 11) is -3.88. The smallest absolute Gasteiger partial charge is 0.247 e. The van der Waals surface area contributed by atoms with E-state index in [-0.39, 0.29) is 23.5 Å². The molecule has 1 aromatic rings. The maximum atomic E-state index is 13.7. The SMILES string of the molecule is Cl.NC1CCN(S(=O)(=O)c2c(F)cccc2Cl)CC1. The summed E-state index contributed by atoms with van der Waals surface area (Å²) in [6.07, 6.45) is 1.15. The molecule has 0 atom stereocenters. The molecular weight excluding hydrogens is 314 g/mol. The van der Waals surface area contributed by atoms with E-state index in [1.807, 2.05) is 0 Å². The maximum Gasteiger partial charge on any atom is 0.247 e. The van der Waals surface area contributed by atoms with Crippen molar-refractivity contribution in [3.05, 3.63) is 29.0 Å². The molecule has 108 valence electrons. The van der Waals surface area contributed by atoms with Gasteiger partial charge in [-0.2, -0.15) is 4.31 Å². The Hall–Kier alpha value is -0.400. The zero-order valence-electron chi connectivity index (χ0n) is 10.1. The van der Waals surface area contributed by atoms with E-state index in [1.54, 1.807) is 0 Å². The van der Waals surface area contributed by atoms with Crippen molar-refractivity contribution in [1.29, 1.82) is 0 Å². The fraction of sp³-hybridized carbons (Fsp3) is 0.455. The first-order valence-electron chi connectivity index (χ1n) is 5.62. The lowest BCUT2D eigenvalue weighted by molar-refractivity contribution is 0.319. The summed E-state index contributed by atoms with van der Waals surface area (Å²) < 4.78 is 39.5. The van der Waals surface area contributed by atoms with Gasteiger partial charge >= 0.3 is 0 Å². The molecule has 0 radical (unpaired) electrons.